The minimum absolute atomic E-state index is 0.0393. The van der Waals surface area contributed by atoms with Gasteiger partial charge in [-0.15, -0.1) is 0 Å². The molecule has 1 aliphatic carbocycles. The van der Waals surface area contributed by atoms with E-state index in [1.807, 2.05) is 63.3 Å². The van der Waals surface area contributed by atoms with Crippen molar-refractivity contribution in [2.45, 2.75) is 91.8 Å². The molecule has 2 atom stereocenters. The van der Waals surface area contributed by atoms with Gasteiger partial charge in [-0.25, -0.2) is 4.79 Å². The maximum absolute atomic E-state index is 11.9. The van der Waals surface area contributed by atoms with Gasteiger partial charge in [-0.1, -0.05) is 81.3 Å². The van der Waals surface area contributed by atoms with E-state index in [4.69, 9.17) is 14.2 Å². The molecule has 1 saturated carbocycles. The van der Waals surface area contributed by atoms with Gasteiger partial charge < -0.3 is 19.3 Å². The number of aliphatic hydroxyl groups excluding tert-OH is 1. The van der Waals surface area contributed by atoms with E-state index >= 15 is 0 Å². The second-order valence-corrected chi connectivity index (χ2v) is 11.9. The molecule has 2 rings (SSSR count). The number of para-hydroxylation sites is 1. The van der Waals surface area contributed by atoms with E-state index in [1.54, 1.807) is 0 Å². The van der Waals surface area contributed by atoms with Crippen molar-refractivity contribution < 1.29 is 24.1 Å². The van der Waals surface area contributed by atoms with Crippen molar-refractivity contribution in [3.05, 3.63) is 66.3 Å². The summed E-state index contributed by atoms with van der Waals surface area (Å²) in [4.78, 5) is 11.9. The third-order valence-electron chi connectivity index (χ3n) is 6.86. The molecule has 1 aromatic carbocycles. The van der Waals surface area contributed by atoms with Gasteiger partial charge in [0.1, 0.15) is 18.0 Å². The Hall–Kier alpha value is -2.37. The van der Waals surface area contributed by atoms with Gasteiger partial charge in [0.05, 0.1) is 19.3 Å². The van der Waals surface area contributed by atoms with Crippen LogP contribution < -0.4 is 4.74 Å². The van der Waals surface area contributed by atoms with E-state index in [0.29, 0.717) is 13.2 Å². The second kappa shape index (κ2) is 14.5. The van der Waals surface area contributed by atoms with E-state index in [2.05, 4.69) is 39.0 Å². The maximum Gasteiger partial charge on any atom is 0.332 e. The van der Waals surface area contributed by atoms with Crippen molar-refractivity contribution in [2.75, 3.05) is 19.8 Å². The zero-order valence-corrected chi connectivity index (χ0v) is 23.8. The van der Waals surface area contributed by atoms with Crippen LogP contribution in [0, 0.1) is 10.8 Å². The van der Waals surface area contributed by atoms with Crippen LogP contribution in [0.4, 0.5) is 0 Å². The van der Waals surface area contributed by atoms with Crippen molar-refractivity contribution >= 4 is 5.97 Å². The lowest BCUT2D eigenvalue weighted by atomic mass is 9.71. The van der Waals surface area contributed by atoms with Crippen molar-refractivity contribution in [2.24, 2.45) is 10.8 Å². The zero-order valence-electron chi connectivity index (χ0n) is 23.8. The summed E-state index contributed by atoms with van der Waals surface area (Å²) >= 11 is 0. The summed E-state index contributed by atoms with van der Waals surface area (Å²) in [5.41, 5.74) is 0.550. The van der Waals surface area contributed by atoms with E-state index in [1.165, 1.54) is 12.0 Å². The van der Waals surface area contributed by atoms with E-state index < -0.39 is 11.7 Å². The first-order valence-corrected chi connectivity index (χ1v) is 13.6. The van der Waals surface area contributed by atoms with Crippen LogP contribution >= 0.6 is 0 Å². The Labute approximate surface area is 224 Å². The summed E-state index contributed by atoms with van der Waals surface area (Å²) in [7, 11) is 0. The molecule has 1 aliphatic rings. The van der Waals surface area contributed by atoms with Crippen molar-refractivity contribution in [1.29, 1.82) is 0 Å². The summed E-state index contributed by atoms with van der Waals surface area (Å²) in [6.45, 7) is 13.0. The number of esters is 1. The Balaban J connectivity index is 1.83. The highest BCUT2D eigenvalue weighted by molar-refractivity contribution is 5.71. The van der Waals surface area contributed by atoms with Crippen LogP contribution in [-0.4, -0.2) is 42.6 Å². The van der Waals surface area contributed by atoms with Crippen LogP contribution in [0.25, 0.3) is 0 Å². The Morgan fingerprint density at radius 1 is 1.11 bits per heavy atom. The summed E-state index contributed by atoms with van der Waals surface area (Å²) in [6, 6.07) is 9.82. The number of rotatable bonds is 13. The van der Waals surface area contributed by atoms with Gasteiger partial charge in [-0.05, 0) is 70.4 Å². The molecular weight excluding hydrogens is 464 g/mol. The fraction of sp³-hybridized carbons (Fsp3) is 0.594. The molecule has 0 saturated heterocycles. The molecule has 1 N–H and O–H groups in total. The quantitative estimate of drug-likeness (QED) is 0.131. The predicted octanol–water partition coefficient (Wildman–Crippen LogP) is 7.21. The fourth-order valence-corrected chi connectivity index (χ4v) is 4.53. The van der Waals surface area contributed by atoms with Gasteiger partial charge in [0.2, 0.25) is 0 Å². The van der Waals surface area contributed by atoms with Crippen molar-refractivity contribution in [1.82, 2.24) is 0 Å². The monoisotopic (exact) mass is 512 g/mol. The Bertz CT molecular complexity index is 907. The van der Waals surface area contributed by atoms with Crippen LogP contribution in [0.3, 0.4) is 0 Å². The van der Waals surface area contributed by atoms with Crippen LogP contribution in [0.15, 0.2) is 66.3 Å². The summed E-state index contributed by atoms with van der Waals surface area (Å²) in [5.74, 6) is 0.539. The molecule has 0 bridgehead atoms. The van der Waals surface area contributed by atoms with Gasteiger partial charge in [-0.2, -0.15) is 0 Å². The van der Waals surface area contributed by atoms with Gasteiger partial charge in [0, 0.05) is 5.41 Å². The molecule has 37 heavy (non-hydrogen) atoms. The molecule has 0 spiro atoms. The third-order valence-corrected chi connectivity index (χ3v) is 6.86. The largest absolute Gasteiger partial charge is 0.494 e. The van der Waals surface area contributed by atoms with Gasteiger partial charge in [-0.3, -0.25) is 0 Å². The van der Waals surface area contributed by atoms with E-state index in [0.717, 1.165) is 37.9 Å². The molecule has 0 heterocycles. The molecule has 5 heteroatoms. The molecule has 0 radical (unpaired) electrons. The Kier molecular flexibility index (Phi) is 12.1. The Morgan fingerprint density at radius 3 is 2.54 bits per heavy atom. The van der Waals surface area contributed by atoms with Crippen LogP contribution in [0.5, 0.6) is 5.75 Å². The Morgan fingerprint density at radius 2 is 1.84 bits per heavy atom. The van der Waals surface area contributed by atoms with Crippen LogP contribution in [0.2, 0.25) is 0 Å². The summed E-state index contributed by atoms with van der Waals surface area (Å²) in [5, 5.41) is 10.8. The van der Waals surface area contributed by atoms with Crippen LogP contribution in [0.1, 0.15) is 80.1 Å². The molecule has 0 aliphatic heterocycles. The molecule has 1 fully saturated rings. The third kappa shape index (κ3) is 11.7. The number of ether oxygens (including phenoxy) is 3. The van der Waals surface area contributed by atoms with Gasteiger partial charge in [0.25, 0.3) is 0 Å². The van der Waals surface area contributed by atoms with Gasteiger partial charge >= 0.3 is 5.97 Å². The highest BCUT2D eigenvalue weighted by atomic mass is 16.6. The molecule has 0 unspecified atom stereocenters. The number of benzene rings is 1. The average molecular weight is 513 g/mol. The predicted molar refractivity (Wildman–Crippen MR) is 151 cm³/mol. The first kappa shape index (κ1) is 30.9. The molecule has 1 aromatic rings. The number of carbonyl (C=O) groups excluding carboxylic acids is 1. The molecule has 5 nitrogen and oxygen atoms in total. The SMILES string of the molecule is CC(C)(C)OC(=O)COC/C=C1\CCCC[C@@]1(C)/C=C/C=C/[C@H](O)C(C)(C)CCCOc1ccccc1. The summed E-state index contributed by atoms with van der Waals surface area (Å²) < 4.78 is 16.6. The highest BCUT2D eigenvalue weighted by Crippen LogP contribution is 2.41. The smallest absolute Gasteiger partial charge is 0.332 e. The fourth-order valence-electron chi connectivity index (χ4n) is 4.53. The minimum Gasteiger partial charge on any atom is -0.494 e. The van der Waals surface area contributed by atoms with E-state index in [9.17, 15) is 9.90 Å². The average Bonchev–Trinajstić information content (AvgIpc) is 2.83. The van der Waals surface area contributed by atoms with E-state index in [-0.39, 0.29) is 23.4 Å². The normalized spacial score (nSPS) is 21.0. The highest BCUT2D eigenvalue weighted by Gasteiger charge is 2.29. The van der Waals surface area contributed by atoms with Crippen molar-refractivity contribution in [3.8, 4) is 5.75 Å². The lowest BCUT2D eigenvalue weighted by Gasteiger charge is -2.34. The summed E-state index contributed by atoms with van der Waals surface area (Å²) in [6.07, 6.45) is 15.9. The minimum atomic E-state index is -0.538. The van der Waals surface area contributed by atoms with Crippen molar-refractivity contribution in [3.63, 3.8) is 0 Å². The standard InChI is InChI=1S/C32H48O5/c1-30(2,3)37-29(34)25-35-24-19-26-15-10-12-21-32(26,6)22-13-11-18-28(33)31(4,5)20-14-23-36-27-16-8-7-9-17-27/h7-9,11,13,16-19,22,28,33H,10,12,14-15,20-21,23-25H2,1-6H3/b18-11+,22-13+,26-19+/t28-,32-/m0/s1. The second-order valence-electron chi connectivity index (χ2n) is 11.9. The first-order chi connectivity index (χ1) is 17.4. The number of carbonyl (C=O) groups is 1. The topological polar surface area (TPSA) is 65.0 Å². The molecule has 0 amide bonds. The number of allylic oxidation sites excluding steroid dienone is 4. The lowest BCUT2D eigenvalue weighted by Crippen LogP contribution is -2.28. The molecular formula is C32H48O5. The zero-order chi connectivity index (χ0) is 27.4. The van der Waals surface area contributed by atoms with Crippen LogP contribution in [-0.2, 0) is 14.3 Å². The first-order valence-electron chi connectivity index (χ1n) is 13.6. The lowest BCUT2D eigenvalue weighted by molar-refractivity contribution is -0.159. The maximum atomic E-state index is 11.9. The number of hydrogen-bond donors (Lipinski definition) is 1. The number of aliphatic hydroxyl groups is 1. The number of hydrogen-bond acceptors (Lipinski definition) is 5. The molecule has 206 valence electrons. The van der Waals surface area contributed by atoms with Gasteiger partial charge in [0.15, 0.2) is 0 Å². The molecule has 0 aromatic heterocycles.